The van der Waals surface area contributed by atoms with Crippen LogP contribution in [0.4, 0.5) is 0 Å². The van der Waals surface area contributed by atoms with Gasteiger partial charge in [0.05, 0.1) is 26.1 Å². The minimum atomic E-state index is -1.17. The first kappa shape index (κ1) is 13.4. The van der Waals surface area contributed by atoms with Gasteiger partial charge in [0.2, 0.25) is 6.10 Å². The van der Waals surface area contributed by atoms with Crippen LogP contribution in [0.25, 0.3) is 0 Å². The third-order valence-corrected chi connectivity index (χ3v) is 2.43. The van der Waals surface area contributed by atoms with Crippen LogP contribution >= 0.6 is 0 Å². The number of cyclic esters (lactones) is 1. The summed E-state index contributed by atoms with van der Waals surface area (Å²) < 4.78 is 9.53. The Morgan fingerprint density at radius 3 is 2.71 bits per heavy atom. The molecule has 0 saturated carbocycles. The van der Waals surface area contributed by atoms with Crippen LogP contribution in [0.1, 0.15) is 13.3 Å². The highest BCUT2D eigenvalue weighted by molar-refractivity contribution is 5.93. The van der Waals surface area contributed by atoms with Gasteiger partial charge >= 0.3 is 11.9 Å². The van der Waals surface area contributed by atoms with Crippen molar-refractivity contribution in [3.05, 3.63) is 0 Å². The monoisotopic (exact) mass is 245 g/mol. The van der Waals surface area contributed by atoms with E-state index in [1.165, 1.54) is 14.2 Å². The lowest BCUT2D eigenvalue weighted by Crippen LogP contribution is -2.40. The number of amides is 1. The molecule has 0 bridgehead atoms. The number of hydroxylamine groups is 2. The molecule has 2 atom stereocenters. The molecule has 0 radical (unpaired) electrons. The van der Waals surface area contributed by atoms with E-state index in [1.807, 2.05) is 0 Å². The molecule has 0 aromatic heterocycles. The molecular weight excluding hydrogens is 230 g/mol. The third-order valence-electron chi connectivity index (χ3n) is 2.43. The third kappa shape index (κ3) is 2.94. The Bertz CT molecular complexity index is 329. The Morgan fingerprint density at radius 1 is 1.53 bits per heavy atom. The van der Waals surface area contributed by atoms with Gasteiger partial charge in [0.15, 0.2) is 0 Å². The minimum absolute atomic E-state index is 0.143. The van der Waals surface area contributed by atoms with Crippen molar-refractivity contribution in [2.24, 2.45) is 5.92 Å². The molecule has 7 nitrogen and oxygen atoms in total. The molecule has 0 spiro atoms. The Labute approximate surface area is 98.6 Å². The number of nitrogens with zero attached hydrogens (tertiary/aromatic N) is 1. The number of rotatable bonds is 4. The van der Waals surface area contributed by atoms with E-state index < -0.39 is 29.9 Å². The fraction of sp³-hybridized carbons (Fsp3) is 0.700. The first-order chi connectivity index (χ1) is 8.01. The molecular formula is C10H15NO6. The molecule has 1 aliphatic heterocycles. The van der Waals surface area contributed by atoms with E-state index in [9.17, 15) is 14.4 Å². The van der Waals surface area contributed by atoms with E-state index in [4.69, 9.17) is 14.3 Å². The smallest absolute Gasteiger partial charge is 0.348 e. The van der Waals surface area contributed by atoms with Gasteiger partial charge in [-0.25, -0.2) is 9.86 Å². The van der Waals surface area contributed by atoms with Crippen molar-refractivity contribution in [1.29, 1.82) is 0 Å². The van der Waals surface area contributed by atoms with E-state index in [1.54, 1.807) is 6.92 Å². The van der Waals surface area contributed by atoms with Gasteiger partial charge in [-0.3, -0.25) is 14.4 Å². The molecule has 17 heavy (non-hydrogen) atoms. The van der Waals surface area contributed by atoms with E-state index >= 15 is 0 Å². The molecule has 1 heterocycles. The van der Waals surface area contributed by atoms with Crippen molar-refractivity contribution in [2.45, 2.75) is 19.4 Å². The van der Waals surface area contributed by atoms with Gasteiger partial charge in [-0.2, -0.15) is 0 Å². The molecule has 1 amide bonds. The fourth-order valence-corrected chi connectivity index (χ4v) is 1.54. The van der Waals surface area contributed by atoms with Gasteiger partial charge in [-0.1, -0.05) is 0 Å². The molecule has 0 N–H and O–H groups in total. The van der Waals surface area contributed by atoms with Gasteiger partial charge in [0.25, 0.3) is 5.91 Å². The topological polar surface area (TPSA) is 82.1 Å². The summed E-state index contributed by atoms with van der Waals surface area (Å²) in [6.07, 6.45) is -1.32. The van der Waals surface area contributed by atoms with Crippen LogP contribution in [0.2, 0.25) is 0 Å². The van der Waals surface area contributed by atoms with Crippen molar-refractivity contribution >= 4 is 17.8 Å². The highest BCUT2D eigenvalue weighted by atomic mass is 16.7. The van der Waals surface area contributed by atoms with Crippen molar-refractivity contribution in [3.63, 3.8) is 0 Å². The predicted octanol–water partition coefficient (Wildman–Crippen LogP) is -0.499. The van der Waals surface area contributed by atoms with Gasteiger partial charge in [-0.15, -0.1) is 0 Å². The van der Waals surface area contributed by atoms with Crippen LogP contribution in [0, 0.1) is 5.92 Å². The number of hydrogen-bond acceptors (Lipinski definition) is 6. The summed E-state index contributed by atoms with van der Waals surface area (Å²) >= 11 is 0. The molecule has 1 saturated heterocycles. The molecule has 0 aliphatic carbocycles. The van der Waals surface area contributed by atoms with E-state index in [0.29, 0.717) is 0 Å². The van der Waals surface area contributed by atoms with Crippen LogP contribution in [0.5, 0.6) is 0 Å². The number of hydrogen-bond donors (Lipinski definition) is 0. The van der Waals surface area contributed by atoms with Crippen molar-refractivity contribution in [2.75, 3.05) is 20.8 Å². The summed E-state index contributed by atoms with van der Waals surface area (Å²) in [7, 11) is 2.71. The highest BCUT2D eigenvalue weighted by Gasteiger charge is 2.46. The maximum absolute atomic E-state index is 11.8. The van der Waals surface area contributed by atoms with Gasteiger partial charge in [0, 0.05) is 7.05 Å². The summed E-state index contributed by atoms with van der Waals surface area (Å²) in [5.41, 5.74) is 0. The zero-order valence-corrected chi connectivity index (χ0v) is 9.97. The van der Waals surface area contributed by atoms with Crippen molar-refractivity contribution in [3.8, 4) is 0 Å². The quantitative estimate of drug-likeness (QED) is 0.490. The second kappa shape index (κ2) is 5.62. The van der Waals surface area contributed by atoms with Gasteiger partial charge in [-0.05, 0) is 6.92 Å². The van der Waals surface area contributed by atoms with Crippen LogP contribution in [-0.4, -0.2) is 49.8 Å². The number of carbonyl (C=O) groups is 3. The summed E-state index contributed by atoms with van der Waals surface area (Å²) in [4.78, 5) is 39.2. The molecule has 0 aromatic rings. The molecule has 0 aromatic carbocycles. The lowest BCUT2D eigenvalue weighted by Gasteiger charge is -2.20. The molecule has 7 heteroatoms. The number of carbonyl (C=O) groups excluding carboxylic acids is 3. The van der Waals surface area contributed by atoms with Crippen LogP contribution in [-0.2, 0) is 28.7 Å². The highest BCUT2D eigenvalue weighted by Crippen LogP contribution is 2.25. The second-order valence-electron chi connectivity index (χ2n) is 3.49. The van der Waals surface area contributed by atoms with E-state index in [0.717, 1.165) is 5.06 Å². The largest absolute Gasteiger partial charge is 0.463 e. The fourth-order valence-electron chi connectivity index (χ4n) is 1.54. The second-order valence-corrected chi connectivity index (χ2v) is 3.49. The zero-order chi connectivity index (χ0) is 13.0. The average Bonchev–Trinajstić information content (AvgIpc) is 2.69. The van der Waals surface area contributed by atoms with Gasteiger partial charge < -0.3 is 9.47 Å². The van der Waals surface area contributed by atoms with Crippen LogP contribution < -0.4 is 0 Å². The Morgan fingerprint density at radius 2 is 2.18 bits per heavy atom. The first-order valence-electron chi connectivity index (χ1n) is 5.19. The van der Waals surface area contributed by atoms with Crippen molar-refractivity contribution < 1.29 is 28.7 Å². The molecule has 0 unspecified atom stereocenters. The Kier molecular flexibility index (Phi) is 4.45. The van der Waals surface area contributed by atoms with Crippen LogP contribution in [0.3, 0.4) is 0 Å². The SMILES string of the molecule is CCOC(=O)[C@@H]1OC(=O)C[C@@H]1C(=O)N(C)OC. The number of ether oxygens (including phenoxy) is 2. The molecule has 1 rings (SSSR count). The zero-order valence-electron chi connectivity index (χ0n) is 9.97. The Balaban J connectivity index is 2.78. The van der Waals surface area contributed by atoms with E-state index in [-0.39, 0.29) is 13.0 Å². The Hall–Kier alpha value is -1.63. The average molecular weight is 245 g/mol. The van der Waals surface area contributed by atoms with Gasteiger partial charge in [0.1, 0.15) is 0 Å². The minimum Gasteiger partial charge on any atom is -0.463 e. The summed E-state index contributed by atoms with van der Waals surface area (Å²) in [6.45, 7) is 1.79. The van der Waals surface area contributed by atoms with E-state index in [2.05, 4.69) is 0 Å². The summed E-state index contributed by atoms with van der Waals surface area (Å²) in [6, 6.07) is 0. The summed E-state index contributed by atoms with van der Waals surface area (Å²) in [5, 5.41) is 0.957. The maximum atomic E-state index is 11.8. The molecule has 96 valence electrons. The number of esters is 2. The normalized spacial score (nSPS) is 23.1. The first-order valence-corrected chi connectivity index (χ1v) is 5.19. The molecule has 1 fully saturated rings. The summed E-state index contributed by atoms with van der Waals surface area (Å²) in [5.74, 6) is -2.67. The molecule has 1 aliphatic rings. The predicted molar refractivity (Wildman–Crippen MR) is 54.4 cm³/mol. The van der Waals surface area contributed by atoms with Crippen molar-refractivity contribution in [1.82, 2.24) is 5.06 Å². The standard InChI is InChI=1S/C10H15NO6/c1-4-16-10(14)8-6(5-7(12)17-8)9(13)11(2)15-3/h6,8H,4-5H2,1-3H3/t6-,8+/m0/s1. The van der Waals surface area contributed by atoms with Crippen LogP contribution in [0.15, 0.2) is 0 Å². The lowest BCUT2D eigenvalue weighted by molar-refractivity contribution is -0.179. The lowest BCUT2D eigenvalue weighted by atomic mass is 10.0. The maximum Gasteiger partial charge on any atom is 0.348 e.